The molecule has 2 aromatic carbocycles. The highest BCUT2D eigenvalue weighted by Crippen LogP contribution is 2.14. The van der Waals surface area contributed by atoms with Crippen LogP contribution in [0.1, 0.15) is 11.4 Å². The van der Waals surface area contributed by atoms with Crippen LogP contribution in [-0.4, -0.2) is 48.9 Å². The van der Waals surface area contributed by atoms with Gasteiger partial charge in [0.2, 0.25) is 10.0 Å². The van der Waals surface area contributed by atoms with Gasteiger partial charge < -0.3 is 9.88 Å². The van der Waals surface area contributed by atoms with Crippen LogP contribution < -0.4 is 10.5 Å². The molecule has 1 aliphatic heterocycles. The van der Waals surface area contributed by atoms with Gasteiger partial charge in [0.1, 0.15) is 6.54 Å². The van der Waals surface area contributed by atoms with Crippen LogP contribution in [0.15, 0.2) is 58.7 Å². The van der Waals surface area contributed by atoms with E-state index in [9.17, 15) is 13.2 Å². The van der Waals surface area contributed by atoms with Gasteiger partial charge in [-0.05, 0) is 29.8 Å². The lowest BCUT2D eigenvalue weighted by atomic mass is 10.2. The molecule has 7 nitrogen and oxygen atoms in total. The van der Waals surface area contributed by atoms with Gasteiger partial charge in [0.25, 0.3) is 5.56 Å². The van der Waals surface area contributed by atoms with Crippen molar-refractivity contribution in [1.29, 1.82) is 0 Å². The first-order chi connectivity index (χ1) is 14.4. The first kappa shape index (κ1) is 20.7. The van der Waals surface area contributed by atoms with Crippen molar-refractivity contribution in [2.45, 2.75) is 6.54 Å². The molecule has 0 saturated carbocycles. The zero-order valence-corrected chi connectivity index (χ0v) is 17.8. The molecule has 3 aromatic rings. The number of sulfonamides is 1. The SMILES string of the molecule is O=c1[nH]c(C[NH+]2CCN(S(=O)(=O)/C=C/c3ccccc3)CC2)nc2cc(Cl)ccc12. The monoisotopic (exact) mass is 445 g/mol. The number of halogens is 1. The molecule has 0 spiro atoms. The predicted octanol–water partition coefficient (Wildman–Crippen LogP) is 1.28. The molecule has 4 rings (SSSR count). The molecular formula is C21H22ClN4O3S+. The Balaban J connectivity index is 1.40. The number of hydrogen-bond acceptors (Lipinski definition) is 4. The largest absolute Gasteiger partial charge is 0.326 e. The highest BCUT2D eigenvalue weighted by Gasteiger charge is 2.27. The van der Waals surface area contributed by atoms with Gasteiger partial charge in [0.05, 0.1) is 37.1 Å². The van der Waals surface area contributed by atoms with E-state index >= 15 is 0 Å². The summed E-state index contributed by atoms with van der Waals surface area (Å²) in [4.78, 5) is 20.8. The highest BCUT2D eigenvalue weighted by molar-refractivity contribution is 7.92. The molecule has 0 radical (unpaired) electrons. The highest BCUT2D eigenvalue weighted by atomic mass is 35.5. The zero-order chi connectivity index (χ0) is 21.1. The molecule has 2 N–H and O–H groups in total. The van der Waals surface area contributed by atoms with Gasteiger partial charge in [-0.2, -0.15) is 4.31 Å². The second kappa shape index (κ2) is 8.69. The van der Waals surface area contributed by atoms with Crippen LogP contribution in [0.4, 0.5) is 0 Å². The van der Waals surface area contributed by atoms with Crippen molar-refractivity contribution in [2.24, 2.45) is 0 Å². The number of piperazine rings is 1. The Hall–Kier alpha value is -2.52. The van der Waals surface area contributed by atoms with Crippen LogP contribution in [0.3, 0.4) is 0 Å². The zero-order valence-electron chi connectivity index (χ0n) is 16.2. The fraction of sp³-hybridized carbons (Fsp3) is 0.238. The predicted molar refractivity (Wildman–Crippen MR) is 118 cm³/mol. The molecule has 0 amide bonds. The first-order valence-electron chi connectivity index (χ1n) is 9.66. The van der Waals surface area contributed by atoms with Gasteiger partial charge in [-0.3, -0.25) is 4.79 Å². The van der Waals surface area contributed by atoms with Gasteiger partial charge in [-0.25, -0.2) is 13.4 Å². The average Bonchev–Trinajstić information content (AvgIpc) is 2.73. The van der Waals surface area contributed by atoms with Crippen LogP contribution in [0, 0.1) is 0 Å². The minimum Gasteiger partial charge on any atom is -0.326 e. The maximum absolute atomic E-state index is 12.6. The summed E-state index contributed by atoms with van der Waals surface area (Å²) in [7, 11) is -3.47. The van der Waals surface area contributed by atoms with Gasteiger partial charge in [0.15, 0.2) is 5.82 Å². The number of nitrogens with one attached hydrogen (secondary N) is 2. The Kier molecular flexibility index (Phi) is 6.01. The fourth-order valence-corrected chi connectivity index (χ4v) is 4.89. The van der Waals surface area contributed by atoms with Crippen molar-refractivity contribution >= 4 is 38.6 Å². The molecule has 0 unspecified atom stereocenters. The van der Waals surface area contributed by atoms with E-state index < -0.39 is 10.0 Å². The lowest BCUT2D eigenvalue weighted by molar-refractivity contribution is -0.917. The second-order valence-corrected chi connectivity index (χ2v) is 9.51. The molecule has 0 bridgehead atoms. The number of hydrogen-bond donors (Lipinski definition) is 2. The van der Waals surface area contributed by atoms with Crippen molar-refractivity contribution in [3.63, 3.8) is 0 Å². The molecule has 2 heterocycles. The maximum atomic E-state index is 12.6. The topological polar surface area (TPSA) is 87.6 Å². The molecule has 30 heavy (non-hydrogen) atoms. The summed E-state index contributed by atoms with van der Waals surface area (Å²) in [6.07, 6.45) is 1.61. The van der Waals surface area contributed by atoms with E-state index in [0.29, 0.717) is 54.5 Å². The summed E-state index contributed by atoms with van der Waals surface area (Å²) >= 11 is 6.01. The van der Waals surface area contributed by atoms with Crippen molar-refractivity contribution in [2.75, 3.05) is 26.2 Å². The Morgan fingerprint density at radius 1 is 1.13 bits per heavy atom. The van der Waals surface area contributed by atoms with Gasteiger partial charge in [0, 0.05) is 10.4 Å². The molecule has 1 fully saturated rings. The van der Waals surface area contributed by atoms with E-state index in [4.69, 9.17) is 11.6 Å². The third-order valence-corrected chi connectivity index (χ3v) is 6.96. The molecular weight excluding hydrogens is 424 g/mol. The average molecular weight is 446 g/mol. The van der Waals surface area contributed by atoms with Crippen molar-refractivity contribution in [3.05, 3.63) is 80.7 Å². The summed E-state index contributed by atoms with van der Waals surface area (Å²) in [5.74, 6) is 0.574. The molecule has 0 aliphatic carbocycles. The Morgan fingerprint density at radius 2 is 1.87 bits per heavy atom. The van der Waals surface area contributed by atoms with Crippen molar-refractivity contribution in [3.8, 4) is 0 Å². The summed E-state index contributed by atoms with van der Waals surface area (Å²) in [6.45, 7) is 2.62. The van der Waals surface area contributed by atoms with E-state index in [1.165, 1.54) is 9.71 Å². The Labute approximate surface area is 179 Å². The quantitative estimate of drug-likeness (QED) is 0.619. The minimum atomic E-state index is -3.47. The number of quaternary nitrogens is 1. The lowest BCUT2D eigenvalue weighted by Crippen LogP contribution is -3.13. The van der Waals surface area contributed by atoms with Gasteiger partial charge in [-0.15, -0.1) is 0 Å². The molecule has 156 valence electrons. The molecule has 1 saturated heterocycles. The number of benzene rings is 2. The number of aromatic nitrogens is 2. The standard InChI is InChI=1S/C21H21ClN4O3S/c22-17-6-7-18-19(14-17)23-20(24-21(18)27)15-25-9-11-26(12-10-25)30(28,29)13-8-16-4-2-1-3-5-16/h1-8,13-14H,9-12,15H2,(H,23,24,27)/p+1/b13-8+. The van der Waals surface area contributed by atoms with E-state index in [0.717, 1.165) is 10.5 Å². The maximum Gasteiger partial charge on any atom is 0.258 e. The molecule has 9 heteroatoms. The third kappa shape index (κ3) is 4.79. The summed E-state index contributed by atoms with van der Waals surface area (Å²) in [5.41, 5.74) is 1.21. The van der Waals surface area contributed by atoms with Crippen LogP contribution in [0.5, 0.6) is 0 Å². The number of rotatable bonds is 5. The van der Waals surface area contributed by atoms with Crippen LogP contribution in [0.25, 0.3) is 17.0 Å². The third-order valence-electron chi connectivity index (χ3n) is 5.16. The number of H-pyrrole nitrogens is 1. The Bertz CT molecular complexity index is 1230. The smallest absolute Gasteiger partial charge is 0.258 e. The molecule has 1 aliphatic rings. The number of nitrogens with zero attached hydrogens (tertiary/aromatic N) is 2. The minimum absolute atomic E-state index is 0.196. The summed E-state index contributed by atoms with van der Waals surface area (Å²) in [5, 5.41) is 2.29. The molecule has 0 atom stereocenters. The molecule has 1 aromatic heterocycles. The van der Waals surface area contributed by atoms with E-state index in [1.54, 1.807) is 24.3 Å². The number of fused-ring (bicyclic) bond motifs is 1. The lowest BCUT2D eigenvalue weighted by Gasteiger charge is -2.30. The van der Waals surface area contributed by atoms with E-state index in [1.807, 2.05) is 30.3 Å². The second-order valence-electron chi connectivity index (χ2n) is 7.26. The summed E-state index contributed by atoms with van der Waals surface area (Å²) in [6, 6.07) is 14.3. The normalized spacial score (nSPS) is 16.4. The van der Waals surface area contributed by atoms with E-state index in [2.05, 4.69) is 9.97 Å². The Morgan fingerprint density at radius 3 is 2.60 bits per heavy atom. The van der Waals surface area contributed by atoms with Crippen molar-refractivity contribution in [1.82, 2.24) is 14.3 Å². The van der Waals surface area contributed by atoms with Crippen LogP contribution in [0.2, 0.25) is 5.02 Å². The van der Waals surface area contributed by atoms with Gasteiger partial charge in [-0.1, -0.05) is 41.9 Å². The first-order valence-corrected chi connectivity index (χ1v) is 11.5. The van der Waals surface area contributed by atoms with Crippen molar-refractivity contribution < 1.29 is 13.3 Å². The van der Waals surface area contributed by atoms with Crippen LogP contribution >= 0.6 is 11.6 Å². The van der Waals surface area contributed by atoms with E-state index in [-0.39, 0.29) is 5.56 Å². The fourth-order valence-electron chi connectivity index (χ4n) is 3.53. The van der Waals surface area contributed by atoms with Gasteiger partial charge >= 0.3 is 0 Å². The van der Waals surface area contributed by atoms with Crippen LogP contribution in [-0.2, 0) is 16.6 Å². The number of aromatic amines is 1. The summed E-state index contributed by atoms with van der Waals surface area (Å²) < 4.78 is 26.7.